The van der Waals surface area contributed by atoms with Gasteiger partial charge in [-0.05, 0) is 138 Å². The molecule has 2 bridgehead atoms. The van der Waals surface area contributed by atoms with Crippen LogP contribution in [0.3, 0.4) is 0 Å². The number of H-pyrrole nitrogens is 3. The first kappa shape index (κ1) is 52.9. The van der Waals surface area contributed by atoms with Crippen molar-refractivity contribution in [3.8, 4) is 0 Å². The number of hydrogen-bond donors (Lipinski definition) is 5. The van der Waals surface area contributed by atoms with Crippen LogP contribution in [0.25, 0.3) is 65.4 Å². The van der Waals surface area contributed by atoms with Gasteiger partial charge in [0.05, 0.1) is 39.8 Å². The number of hydrogen-bond acceptors (Lipinski definition) is 12. The van der Waals surface area contributed by atoms with Crippen LogP contribution in [0.5, 0.6) is 0 Å². The van der Waals surface area contributed by atoms with Crippen molar-refractivity contribution in [2.45, 2.75) is 85.0 Å². The number of carbonyl (C=O) groups excluding carboxylic acids is 2. The zero-order valence-electron chi connectivity index (χ0n) is 43.1. The molecule has 7 N–H and O–H groups in total. The predicted octanol–water partition coefficient (Wildman–Crippen LogP) is 6.47. The Bertz CT molecular complexity index is 3820. The molecule has 6 aromatic heterocycles. The van der Waals surface area contributed by atoms with E-state index in [0.717, 1.165) is 75.1 Å². The number of fused-ring (bicyclic) bond motifs is 12. The van der Waals surface area contributed by atoms with E-state index in [0.29, 0.717) is 80.3 Å². The number of ether oxygens (including phenoxy) is 1. The molecule has 9 heterocycles. The molecule has 2 atom stereocenters. The molecule has 394 valence electrons. The highest BCUT2D eigenvalue weighted by Gasteiger charge is 2.35. The highest BCUT2D eigenvalue weighted by molar-refractivity contribution is 6.32. The summed E-state index contributed by atoms with van der Waals surface area (Å²) in [4.78, 5) is 66.5. The van der Waals surface area contributed by atoms with Crippen LogP contribution in [-0.2, 0) is 40.4 Å². The van der Waals surface area contributed by atoms with E-state index >= 15 is 0 Å². The van der Waals surface area contributed by atoms with Gasteiger partial charge in [-0.1, -0.05) is 29.3 Å². The molecule has 0 spiro atoms. The van der Waals surface area contributed by atoms with Crippen molar-refractivity contribution in [2.24, 2.45) is 23.3 Å². The number of amides is 1. The summed E-state index contributed by atoms with van der Waals surface area (Å²) in [6, 6.07) is 16.2. The molecule has 3 aromatic carbocycles. The number of nitrogens with zero attached hydrogens (tertiary/aromatic N) is 8. The van der Waals surface area contributed by atoms with Crippen molar-refractivity contribution in [1.29, 1.82) is 0 Å². The molecule has 3 aliphatic rings. The Morgan fingerprint density at radius 3 is 1.69 bits per heavy atom. The maximum absolute atomic E-state index is 13.2. The molecule has 2 unspecified atom stereocenters. The summed E-state index contributed by atoms with van der Waals surface area (Å²) in [6.45, 7) is 11.3. The lowest BCUT2D eigenvalue weighted by atomic mass is 9.79. The maximum Gasteiger partial charge on any atom is 0.322 e. The number of esters is 1. The number of aryl methyl sites for hydroxylation is 6. The second-order valence-electron chi connectivity index (χ2n) is 20.0. The number of nitrogens with two attached hydrogens (primary N) is 2. The first-order chi connectivity index (χ1) is 36.0. The lowest BCUT2D eigenvalue weighted by molar-refractivity contribution is -0.142. The second kappa shape index (κ2) is 22.1. The topological polar surface area (TPSA) is 254 Å². The minimum absolute atomic E-state index is 0.0391. The zero-order valence-corrected chi connectivity index (χ0v) is 44.6. The molecule has 0 saturated carbocycles. The first-order valence-corrected chi connectivity index (χ1v) is 26.0. The van der Waals surface area contributed by atoms with E-state index in [4.69, 9.17) is 34.7 Å². The molecule has 0 radical (unpaired) electrons. The maximum atomic E-state index is 13.2. The summed E-state index contributed by atoms with van der Waals surface area (Å²) < 4.78 is 9.96. The zero-order chi connectivity index (χ0) is 53.4. The molecule has 75 heavy (non-hydrogen) atoms. The molecular weight excluding hydrogens is 998 g/mol. The number of rotatable bonds is 12. The van der Waals surface area contributed by atoms with Gasteiger partial charge in [0.25, 0.3) is 16.7 Å². The Kier molecular flexibility index (Phi) is 15.6. The van der Waals surface area contributed by atoms with Gasteiger partial charge in [-0.25, -0.2) is 0 Å². The average molecular weight is 1060 g/mol. The van der Waals surface area contributed by atoms with Crippen LogP contribution in [-0.4, -0.2) is 119 Å². The third-order valence-corrected chi connectivity index (χ3v) is 15.4. The van der Waals surface area contributed by atoms with Gasteiger partial charge in [0.15, 0.2) is 0 Å². The normalized spacial score (nSPS) is 16.6. The number of nitrogens with one attached hydrogen (secondary N) is 3. The van der Waals surface area contributed by atoms with Gasteiger partial charge in [-0.3, -0.25) is 39.3 Å². The summed E-state index contributed by atoms with van der Waals surface area (Å²) in [7, 11) is 4.80. The van der Waals surface area contributed by atoms with Gasteiger partial charge >= 0.3 is 5.97 Å². The van der Waals surface area contributed by atoms with Crippen molar-refractivity contribution in [1.82, 2.24) is 54.1 Å². The summed E-state index contributed by atoms with van der Waals surface area (Å²) >= 11 is 12.3. The molecule has 3 saturated heterocycles. The van der Waals surface area contributed by atoms with Gasteiger partial charge in [0, 0.05) is 90.0 Å². The minimum Gasteiger partial charge on any atom is -0.468 e. The van der Waals surface area contributed by atoms with E-state index in [1.165, 1.54) is 33.0 Å². The molecular formula is C54H63Cl2N13O6. The molecule has 9 aromatic rings. The predicted molar refractivity (Wildman–Crippen MR) is 296 cm³/mol. The van der Waals surface area contributed by atoms with E-state index < -0.39 is 12.0 Å². The third kappa shape index (κ3) is 10.4. The summed E-state index contributed by atoms with van der Waals surface area (Å²) in [5.41, 5.74) is 19.1. The number of methoxy groups -OCH3 is 1. The van der Waals surface area contributed by atoms with Crippen molar-refractivity contribution in [2.75, 3.05) is 47.4 Å². The number of benzene rings is 3. The SMILES string of the molecule is COC(=O)C(N)CCn1c(=O)c2c(C)[nH]nc2c2cc(Cl)ccc21.Cc1[nH]nc2c1c(=O)n(CC1CN3CCC1CC3)c1ccc(Cl)cc21.Cc1[nH]nc2c1c(=O)n(CCCN)c1ccc(CCC(=O)N(C)C)cc21. The first-order valence-electron chi connectivity index (χ1n) is 25.3. The Labute approximate surface area is 441 Å². The third-order valence-electron chi connectivity index (χ3n) is 14.9. The minimum atomic E-state index is -0.787. The summed E-state index contributed by atoms with van der Waals surface area (Å²) in [5.74, 6) is 0.874. The number of pyridine rings is 3. The smallest absolute Gasteiger partial charge is 0.322 e. The van der Waals surface area contributed by atoms with Crippen LogP contribution in [0, 0.1) is 32.6 Å². The highest BCUT2D eigenvalue weighted by atomic mass is 35.5. The van der Waals surface area contributed by atoms with Crippen LogP contribution < -0.4 is 28.1 Å². The van der Waals surface area contributed by atoms with Crippen LogP contribution >= 0.6 is 23.2 Å². The summed E-state index contributed by atoms with van der Waals surface area (Å²) in [6.07, 6.45) is 4.64. The Morgan fingerprint density at radius 1 is 0.733 bits per heavy atom. The van der Waals surface area contributed by atoms with Gasteiger partial charge in [-0.2, -0.15) is 15.3 Å². The fraction of sp³-hybridized carbons (Fsp3) is 0.407. The Morgan fingerprint density at radius 2 is 1.21 bits per heavy atom. The van der Waals surface area contributed by atoms with Crippen LogP contribution in [0.1, 0.15) is 54.7 Å². The molecule has 19 nitrogen and oxygen atoms in total. The van der Waals surface area contributed by atoms with Crippen LogP contribution in [0.2, 0.25) is 10.0 Å². The molecule has 0 aliphatic carbocycles. The second-order valence-corrected chi connectivity index (χ2v) is 20.8. The van der Waals surface area contributed by atoms with Crippen molar-refractivity contribution >= 4 is 100 Å². The van der Waals surface area contributed by atoms with Gasteiger partial charge in [-0.15, -0.1) is 0 Å². The molecule has 21 heteroatoms. The van der Waals surface area contributed by atoms with Gasteiger partial charge in [0.1, 0.15) is 22.6 Å². The van der Waals surface area contributed by atoms with Gasteiger partial charge < -0.3 is 39.7 Å². The quantitative estimate of drug-likeness (QED) is 0.0826. The average Bonchev–Trinajstić information content (AvgIpc) is 4.13. The summed E-state index contributed by atoms with van der Waals surface area (Å²) in [5, 5.41) is 27.4. The Balaban J connectivity index is 0.000000138. The monoisotopic (exact) mass is 1060 g/mol. The van der Waals surface area contributed by atoms with Crippen LogP contribution in [0.4, 0.5) is 0 Å². The van der Waals surface area contributed by atoms with E-state index in [1.807, 2.05) is 54.8 Å². The van der Waals surface area contributed by atoms with Crippen LogP contribution in [0.15, 0.2) is 69.0 Å². The fourth-order valence-corrected chi connectivity index (χ4v) is 11.2. The lowest BCUT2D eigenvalue weighted by Crippen LogP contribution is -2.49. The largest absolute Gasteiger partial charge is 0.468 e. The van der Waals surface area contributed by atoms with Crippen molar-refractivity contribution in [3.63, 3.8) is 0 Å². The number of halogens is 2. The highest BCUT2D eigenvalue weighted by Crippen LogP contribution is 2.35. The number of aromatic amines is 3. The van der Waals surface area contributed by atoms with E-state index in [-0.39, 0.29) is 35.6 Å². The molecule has 3 fully saturated rings. The molecule has 3 aliphatic heterocycles. The van der Waals surface area contributed by atoms with E-state index in [2.05, 4.69) is 40.2 Å². The number of piperidine rings is 3. The standard InChI is InChI=1S/C19H21ClN4O.C19H25N5O2.C16H17ClN4O3/c1-11-17-18(22-21-11)15-8-14(20)2-3-16(15)24(19(17)25)10-13-9-23-6-4-12(13)5-7-23;1-12-17-18(22-21-12)14-11-13(6-8-16(25)23(2)3)5-7-15(14)24(19(17)26)10-4-9-20;1-8-13-14(20-19-8)10-7-9(17)3-4-12(10)21(15(13)22)6-5-11(18)16(23)24-2/h2-3,8,12-13H,4-7,9-10H2,1H3,(H,21,22);5,7,11H,4,6,8-10,20H2,1-3H3,(H,21,22);3-4,7,11H,5-6,18H2,1-2H3,(H,19,20). The number of aromatic nitrogens is 9. The Hall–Kier alpha value is -6.90. The van der Waals surface area contributed by atoms with Gasteiger partial charge in [0.2, 0.25) is 5.91 Å². The van der Waals surface area contributed by atoms with Crippen molar-refractivity contribution in [3.05, 3.63) is 118 Å². The van der Waals surface area contributed by atoms with E-state index in [1.54, 1.807) is 53.3 Å². The molecule has 12 rings (SSSR count). The van der Waals surface area contributed by atoms with Crippen molar-refractivity contribution < 1.29 is 14.3 Å². The number of carbonyl (C=O) groups is 2. The fourth-order valence-electron chi connectivity index (χ4n) is 10.8. The van der Waals surface area contributed by atoms with E-state index in [9.17, 15) is 24.0 Å². The molecule has 1 amide bonds. The lowest BCUT2D eigenvalue weighted by Gasteiger charge is -2.45.